The van der Waals surface area contributed by atoms with Crippen molar-refractivity contribution in [1.82, 2.24) is 10.2 Å². The summed E-state index contributed by atoms with van der Waals surface area (Å²) in [5, 5.41) is 3.55. The van der Waals surface area contributed by atoms with Crippen molar-refractivity contribution in [3.8, 4) is 0 Å². The zero-order valence-corrected chi connectivity index (χ0v) is 13.6. The Bertz CT molecular complexity index is 495. The summed E-state index contributed by atoms with van der Waals surface area (Å²) in [6.45, 7) is 6.44. The van der Waals surface area contributed by atoms with E-state index in [4.69, 9.17) is 0 Å². The van der Waals surface area contributed by atoms with Gasteiger partial charge in [-0.25, -0.2) is 0 Å². The SMILES string of the molecule is CCN(CC(=O)N(C)C)c1ccc(CNC2CC2)c(C)c1. The van der Waals surface area contributed by atoms with Gasteiger partial charge in [0, 0.05) is 38.9 Å². The second-order valence-electron chi connectivity index (χ2n) is 6.07. The standard InChI is InChI=1S/C17H27N3O/c1-5-20(12-17(21)19(3)4)16-9-6-14(13(2)10-16)11-18-15-7-8-15/h6,9-10,15,18H,5,7-8,11-12H2,1-4H3. The molecule has 0 heterocycles. The van der Waals surface area contributed by atoms with Crippen LogP contribution in [0.1, 0.15) is 30.9 Å². The van der Waals surface area contributed by atoms with Gasteiger partial charge in [-0.1, -0.05) is 6.07 Å². The lowest BCUT2D eigenvalue weighted by atomic mass is 10.1. The first-order valence-corrected chi connectivity index (χ1v) is 7.79. The van der Waals surface area contributed by atoms with Crippen molar-refractivity contribution in [3.05, 3.63) is 29.3 Å². The molecule has 0 radical (unpaired) electrons. The fraction of sp³-hybridized carbons (Fsp3) is 0.588. The minimum absolute atomic E-state index is 0.133. The molecule has 4 nitrogen and oxygen atoms in total. The van der Waals surface area contributed by atoms with Crippen LogP contribution in [-0.2, 0) is 11.3 Å². The molecule has 1 aliphatic rings. The Kier molecular flexibility index (Phi) is 5.23. The minimum Gasteiger partial charge on any atom is -0.362 e. The Hall–Kier alpha value is -1.55. The predicted molar refractivity (Wildman–Crippen MR) is 87.6 cm³/mol. The summed E-state index contributed by atoms with van der Waals surface area (Å²) in [7, 11) is 3.60. The lowest BCUT2D eigenvalue weighted by Gasteiger charge is -2.25. The molecule has 0 spiro atoms. The third-order valence-electron chi connectivity index (χ3n) is 4.06. The van der Waals surface area contributed by atoms with Crippen LogP contribution in [0.15, 0.2) is 18.2 Å². The van der Waals surface area contributed by atoms with Crippen LogP contribution < -0.4 is 10.2 Å². The van der Waals surface area contributed by atoms with Gasteiger partial charge in [-0.05, 0) is 49.9 Å². The van der Waals surface area contributed by atoms with Crippen LogP contribution in [-0.4, -0.2) is 44.0 Å². The second kappa shape index (κ2) is 6.94. The van der Waals surface area contributed by atoms with E-state index < -0.39 is 0 Å². The summed E-state index contributed by atoms with van der Waals surface area (Å²) in [5.74, 6) is 0.133. The van der Waals surface area contributed by atoms with Gasteiger partial charge in [0.25, 0.3) is 0 Å². The molecule has 0 atom stereocenters. The zero-order chi connectivity index (χ0) is 15.4. The molecule has 0 aromatic heterocycles. The van der Waals surface area contributed by atoms with Gasteiger partial charge in [0.1, 0.15) is 0 Å². The second-order valence-corrected chi connectivity index (χ2v) is 6.07. The molecule has 4 heteroatoms. The molecule has 2 rings (SSSR count). The molecule has 1 aromatic carbocycles. The van der Waals surface area contributed by atoms with Crippen molar-refractivity contribution >= 4 is 11.6 Å². The maximum atomic E-state index is 11.9. The van der Waals surface area contributed by atoms with Gasteiger partial charge in [0.15, 0.2) is 0 Å². The van der Waals surface area contributed by atoms with E-state index in [0.717, 1.165) is 24.8 Å². The summed E-state index contributed by atoms with van der Waals surface area (Å²) in [6.07, 6.45) is 2.63. The normalized spacial score (nSPS) is 14.1. The molecule has 1 amide bonds. The minimum atomic E-state index is 0.133. The third-order valence-corrected chi connectivity index (χ3v) is 4.06. The smallest absolute Gasteiger partial charge is 0.241 e. The number of nitrogens with zero attached hydrogens (tertiary/aromatic N) is 2. The number of likely N-dealkylation sites (N-methyl/N-ethyl adjacent to an activating group) is 2. The molecule has 0 aliphatic heterocycles. The highest BCUT2D eigenvalue weighted by Crippen LogP contribution is 2.22. The predicted octanol–water partition coefficient (Wildman–Crippen LogP) is 2.16. The van der Waals surface area contributed by atoms with E-state index in [1.54, 1.807) is 19.0 Å². The third kappa shape index (κ3) is 4.46. The molecular formula is C17H27N3O. The van der Waals surface area contributed by atoms with E-state index >= 15 is 0 Å². The summed E-state index contributed by atoms with van der Waals surface area (Å²) >= 11 is 0. The van der Waals surface area contributed by atoms with Gasteiger partial charge in [-0.2, -0.15) is 0 Å². The fourth-order valence-electron chi connectivity index (χ4n) is 2.31. The number of carbonyl (C=O) groups excluding carboxylic acids is 1. The molecule has 1 N–H and O–H groups in total. The highest BCUT2D eigenvalue weighted by Gasteiger charge is 2.20. The van der Waals surface area contributed by atoms with Crippen LogP contribution in [0.2, 0.25) is 0 Å². The summed E-state index contributed by atoms with van der Waals surface area (Å²) in [5.41, 5.74) is 3.76. The van der Waals surface area contributed by atoms with Crippen LogP contribution in [0.3, 0.4) is 0 Å². The first-order valence-electron chi connectivity index (χ1n) is 7.79. The zero-order valence-electron chi connectivity index (χ0n) is 13.6. The summed E-state index contributed by atoms with van der Waals surface area (Å²) < 4.78 is 0. The number of amides is 1. The van der Waals surface area contributed by atoms with Crippen LogP contribution in [0.5, 0.6) is 0 Å². The topological polar surface area (TPSA) is 35.6 Å². The molecule has 116 valence electrons. The number of hydrogen-bond acceptors (Lipinski definition) is 3. The molecule has 0 bridgehead atoms. The Morgan fingerprint density at radius 2 is 2.05 bits per heavy atom. The number of rotatable bonds is 7. The first-order chi connectivity index (χ1) is 10.0. The maximum absolute atomic E-state index is 11.9. The highest BCUT2D eigenvalue weighted by molar-refractivity contribution is 5.81. The van der Waals surface area contributed by atoms with E-state index in [1.807, 2.05) is 0 Å². The summed E-state index contributed by atoms with van der Waals surface area (Å²) in [6, 6.07) is 7.23. The van der Waals surface area contributed by atoms with Crippen LogP contribution in [0.4, 0.5) is 5.69 Å². The van der Waals surface area contributed by atoms with Crippen LogP contribution >= 0.6 is 0 Å². The van der Waals surface area contributed by atoms with E-state index in [1.165, 1.54) is 24.0 Å². The average molecular weight is 289 g/mol. The number of aryl methyl sites for hydroxylation is 1. The molecule has 0 saturated heterocycles. The summed E-state index contributed by atoms with van der Waals surface area (Å²) in [4.78, 5) is 15.7. The van der Waals surface area contributed by atoms with Crippen molar-refractivity contribution in [2.45, 2.75) is 39.3 Å². The van der Waals surface area contributed by atoms with Crippen molar-refractivity contribution in [2.75, 3.05) is 32.1 Å². The van der Waals surface area contributed by atoms with Crippen LogP contribution in [0, 0.1) is 6.92 Å². The van der Waals surface area contributed by atoms with Crippen molar-refractivity contribution < 1.29 is 4.79 Å². The van der Waals surface area contributed by atoms with Crippen molar-refractivity contribution in [1.29, 1.82) is 0 Å². The lowest BCUT2D eigenvalue weighted by molar-refractivity contribution is -0.127. The van der Waals surface area contributed by atoms with Gasteiger partial charge in [-0.15, -0.1) is 0 Å². The van der Waals surface area contributed by atoms with E-state index in [2.05, 4.69) is 42.3 Å². The van der Waals surface area contributed by atoms with E-state index in [0.29, 0.717) is 6.54 Å². The molecule has 1 aliphatic carbocycles. The molecule has 0 unspecified atom stereocenters. The number of anilines is 1. The molecule has 21 heavy (non-hydrogen) atoms. The van der Waals surface area contributed by atoms with Crippen LogP contribution in [0.25, 0.3) is 0 Å². The van der Waals surface area contributed by atoms with Gasteiger partial charge < -0.3 is 15.1 Å². The number of carbonyl (C=O) groups is 1. The molecule has 1 fully saturated rings. The molecular weight excluding hydrogens is 262 g/mol. The Labute approximate surface area is 128 Å². The number of nitrogens with one attached hydrogen (secondary N) is 1. The lowest BCUT2D eigenvalue weighted by Crippen LogP contribution is -2.36. The number of hydrogen-bond donors (Lipinski definition) is 1. The monoisotopic (exact) mass is 289 g/mol. The van der Waals surface area contributed by atoms with E-state index in [9.17, 15) is 4.79 Å². The van der Waals surface area contributed by atoms with Gasteiger partial charge in [-0.3, -0.25) is 4.79 Å². The van der Waals surface area contributed by atoms with E-state index in [-0.39, 0.29) is 5.91 Å². The number of benzene rings is 1. The quantitative estimate of drug-likeness (QED) is 0.835. The van der Waals surface area contributed by atoms with Crippen molar-refractivity contribution in [2.24, 2.45) is 0 Å². The maximum Gasteiger partial charge on any atom is 0.241 e. The molecule has 1 saturated carbocycles. The van der Waals surface area contributed by atoms with Crippen molar-refractivity contribution in [3.63, 3.8) is 0 Å². The Balaban J connectivity index is 2.03. The molecule has 1 aromatic rings. The Morgan fingerprint density at radius 1 is 1.33 bits per heavy atom. The average Bonchev–Trinajstić information content (AvgIpc) is 3.27. The van der Waals surface area contributed by atoms with Gasteiger partial charge >= 0.3 is 0 Å². The Morgan fingerprint density at radius 3 is 2.57 bits per heavy atom. The fourth-order valence-corrected chi connectivity index (χ4v) is 2.31. The van der Waals surface area contributed by atoms with Gasteiger partial charge in [0.05, 0.1) is 6.54 Å². The van der Waals surface area contributed by atoms with Gasteiger partial charge in [0.2, 0.25) is 5.91 Å². The largest absolute Gasteiger partial charge is 0.362 e. The first kappa shape index (κ1) is 15.8. The highest BCUT2D eigenvalue weighted by atomic mass is 16.2.